The van der Waals surface area contributed by atoms with E-state index in [0.717, 1.165) is 10.9 Å². The minimum absolute atomic E-state index is 0.143. The third-order valence-electron chi connectivity index (χ3n) is 2.86. The summed E-state index contributed by atoms with van der Waals surface area (Å²) in [5.41, 5.74) is 0.795. The van der Waals surface area contributed by atoms with Gasteiger partial charge in [0.1, 0.15) is 6.61 Å². The molecule has 1 aromatic heterocycles. The predicted molar refractivity (Wildman–Crippen MR) is 70.7 cm³/mol. The number of benzene rings is 1. The van der Waals surface area contributed by atoms with Crippen LogP contribution in [0.1, 0.15) is 18.9 Å². The molecule has 0 spiro atoms. The molecule has 1 atom stereocenters. The number of nitrogens with one attached hydrogen (secondary N) is 1. The summed E-state index contributed by atoms with van der Waals surface area (Å²) in [5, 5.41) is 10.2. The van der Waals surface area contributed by atoms with Crippen molar-refractivity contribution in [3.05, 3.63) is 46.2 Å². The van der Waals surface area contributed by atoms with E-state index in [-0.39, 0.29) is 18.6 Å². The summed E-state index contributed by atoms with van der Waals surface area (Å²) in [4.78, 5) is 25.8. The molecule has 5 nitrogen and oxygen atoms in total. The summed E-state index contributed by atoms with van der Waals surface area (Å²) in [5.74, 6) is -0.713. The van der Waals surface area contributed by atoms with Gasteiger partial charge in [-0.1, -0.05) is 25.1 Å². The Morgan fingerprint density at radius 1 is 1.42 bits per heavy atom. The van der Waals surface area contributed by atoms with Crippen molar-refractivity contribution in [1.29, 1.82) is 0 Å². The average Bonchev–Trinajstić information content (AvgIpc) is 2.43. The molecular formula is C14H15NO4. The molecule has 0 aliphatic heterocycles. The number of hydrogen-bond donors (Lipinski definition) is 2. The number of pyridine rings is 1. The molecule has 1 unspecified atom stereocenters. The Hall–Kier alpha value is -2.14. The summed E-state index contributed by atoms with van der Waals surface area (Å²) in [6.07, 6.45) is -0.855. The minimum atomic E-state index is -1.14. The van der Waals surface area contributed by atoms with Gasteiger partial charge in [0.05, 0.1) is 5.56 Å². The number of rotatable bonds is 4. The van der Waals surface area contributed by atoms with Gasteiger partial charge >= 0.3 is 5.97 Å². The molecule has 2 N–H and O–H groups in total. The van der Waals surface area contributed by atoms with Gasteiger partial charge in [-0.25, -0.2) is 4.79 Å². The van der Waals surface area contributed by atoms with Gasteiger partial charge in [-0.05, 0) is 23.9 Å². The van der Waals surface area contributed by atoms with Crippen LogP contribution in [-0.2, 0) is 16.1 Å². The summed E-state index contributed by atoms with van der Waals surface area (Å²) >= 11 is 0. The molecule has 100 valence electrons. The van der Waals surface area contributed by atoms with Gasteiger partial charge in [-0.3, -0.25) is 4.79 Å². The van der Waals surface area contributed by atoms with Crippen molar-refractivity contribution in [3.63, 3.8) is 0 Å². The molecule has 0 amide bonds. The van der Waals surface area contributed by atoms with Crippen LogP contribution in [0.15, 0.2) is 35.1 Å². The highest BCUT2D eigenvalue weighted by Gasteiger charge is 2.14. The van der Waals surface area contributed by atoms with E-state index in [2.05, 4.69) is 4.98 Å². The molecule has 0 saturated heterocycles. The summed E-state index contributed by atoms with van der Waals surface area (Å²) in [7, 11) is 0. The van der Waals surface area contributed by atoms with Crippen molar-refractivity contribution >= 4 is 16.9 Å². The first kappa shape index (κ1) is 13.3. The highest BCUT2D eigenvalue weighted by Crippen LogP contribution is 2.10. The van der Waals surface area contributed by atoms with Crippen molar-refractivity contribution in [3.8, 4) is 0 Å². The van der Waals surface area contributed by atoms with Crippen LogP contribution in [0.2, 0.25) is 0 Å². The van der Waals surface area contributed by atoms with E-state index in [1.54, 1.807) is 19.1 Å². The van der Waals surface area contributed by atoms with E-state index >= 15 is 0 Å². The molecule has 0 aliphatic carbocycles. The van der Waals surface area contributed by atoms with Crippen LogP contribution in [0.5, 0.6) is 0 Å². The Morgan fingerprint density at radius 3 is 2.89 bits per heavy atom. The first-order valence-electron chi connectivity index (χ1n) is 6.07. The van der Waals surface area contributed by atoms with Crippen LogP contribution in [0.25, 0.3) is 10.9 Å². The third kappa shape index (κ3) is 3.00. The quantitative estimate of drug-likeness (QED) is 0.814. The minimum Gasteiger partial charge on any atom is -0.459 e. The van der Waals surface area contributed by atoms with Crippen LogP contribution in [0.3, 0.4) is 0 Å². The Kier molecular flexibility index (Phi) is 3.97. The van der Waals surface area contributed by atoms with E-state index in [1.165, 1.54) is 0 Å². The van der Waals surface area contributed by atoms with Gasteiger partial charge in [0.2, 0.25) is 0 Å². The second kappa shape index (κ2) is 5.67. The molecule has 0 saturated carbocycles. The largest absolute Gasteiger partial charge is 0.459 e. The van der Waals surface area contributed by atoms with Gasteiger partial charge in [0.25, 0.3) is 5.56 Å². The fourth-order valence-corrected chi connectivity index (χ4v) is 1.71. The lowest BCUT2D eigenvalue weighted by Crippen LogP contribution is -2.23. The maximum absolute atomic E-state index is 11.8. The van der Waals surface area contributed by atoms with Gasteiger partial charge in [-0.2, -0.15) is 0 Å². The second-order valence-electron chi connectivity index (χ2n) is 4.24. The normalized spacial score (nSPS) is 12.3. The molecule has 0 aliphatic rings. The van der Waals surface area contributed by atoms with Crippen LogP contribution in [-0.4, -0.2) is 22.2 Å². The molecule has 1 heterocycles. The molecule has 1 aromatic carbocycles. The summed E-state index contributed by atoms with van der Waals surface area (Å²) in [6.45, 7) is 1.53. The Bertz CT molecular complexity index is 647. The topological polar surface area (TPSA) is 79.4 Å². The van der Waals surface area contributed by atoms with Gasteiger partial charge in [-0.15, -0.1) is 0 Å². The van der Waals surface area contributed by atoms with Gasteiger partial charge in [0.15, 0.2) is 6.10 Å². The molecule has 2 aromatic rings. The van der Waals surface area contributed by atoms with Crippen LogP contribution in [0, 0.1) is 0 Å². The van der Waals surface area contributed by atoms with Crippen molar-refractivity contribution in [1.82, 2.24) is 4.98 Å². The second-order valence-corrected chi connectivity index (χ2v) is 4.24. The number of aliphatic hydroxyl groups is 1. The van der Waals surface area contributed by atoms with Crippen molar-refractivity contribution < 1.29 is 14.6 Å². The number of para-hydroxylation sites is 1. The Morgan fingerprint density at radius 2 is 2.16 bits per heavy atom. The molecule has 5 heteroatoms. The smallest absolute Gasteiger partial charge is 0.335 e. The van der Waals surface area contributed by atoms with Crippen molar-refractivity contribution in [2.75, 3.05) is 0 Å². The first-order valence-corrected chi connectivity index (χ1v) is 6.07. The molecular weight excluding hydrogens is 246 g/mol. The number of hydrogen-bond acceptors (Lipinski definition) is 4. The zero-order valence-corrected chi connectivity index (χ0v) is 10.6. The molecule has 0 radical (unpaired) electrons. The molecule has 0 bridgehead atoms. The van der Waals surface area contributed by atoms with E-state index in [1.807, 2.05) is 18.2 Å². The molecule has 0 fully saturated rings. The highest BCUT2D eigenvalue weighted by atomic mass is 16.5. The number of aromatic amines is 1. The van der Waals surface area contributed by atoms with Crippen LogP contribution >= 0.6 is 0 Å². The average molecular weight is 261 g/mol. The van der Waals surface area contributed by atoms with Gasteiger partial charge in [0, 0.05) is 5.52 Å². The van der Waals surface area contributed by atoms with Crippen molar-refractivity contribution in [2.24, 2.45) is 0 Å². The lowest BCUT2D eigenvalue weighted by molar-refractivity contribution is -0.155. The molecule has 19 heavy (non-hydrogen) atoms. The van der Waals surface area contributed by atoms with Crippen LogP contribution < -0.4 is 5.56 Å². The number of esters is 1. The number of carbonyl (C=O) groups excluding carboxylic acids is 1. The van der Waals surface area contributed by atoms with E-state index in [0.29, 0.717) is 5.56 Å². The predicted octanol–water partition coefficient (Wildman–Crippen LogP) is 1.34. The Labute approximate surface area is 109 Å². The SMILES string of the molecule is CCC(O)C(=O)OCc1cc2ccccc2[nH]c1=O. The van der Waals surface area contributed by atoms with Gasteiger partial charge < -0.3 is 14.8 Å². The monoisotopic (exact) mass is 261 g/mol. The lowest BCUT2D eigenvalue weighted by Gasteiger charge is -2.08. The zero-order chi connectivity index (χ0) is 13.8. The number of fused-ring (bicyclic) bond motifs is 1. The lowest BCUT2D eigenvalue weighted by atomic mass is 10.1. The third-order valence-corrected chi connectivity index (χ3v) is 2.86. The fourth-order valence-electron chi connectivity index (χ4n) is 1.71. The maximum atomic E-state index is 11.8. The molecule has 2 rings (SSSR count). The number of aliphatic hydroxyl groups excluding tert-OH is 1. The number of carbonyl (C=O) groups is 1. The van der Waals surface area contributed by atoms with E-state index < -0.39 is 12.1 Å². The van der Waals surface area contributed by atoms with Crippen molar-refractivity contribution in [2.45, 2.75) is 26.1 Å². The summed E-state index contributed by atoms with van der Waals surface area (Å²) in [6, 6.07) is 9.03. The Balaban J connectivity index is 2.19. The first-order chi connectivity index (χ1) is 9.11. The number of aromatic nitrogens is 1. The summed E-state index contributed by atoms with van der Waals surface area (Å²) < 4.78 is 4.90. The maximum Gasteiger partial charge on any atom is 0.335 e. The standard InChI is InChI=1S/C14H15NO4/c1-2-12(16)14(18)19-8-10-7-9-5-3-4-6-11(9)15-13(10)17/h3-7,12,16H,2,8H2,1H3,(H,15,17). The van der Waals surface area contributed by atoms with Crippen LogP contribution in [0.4, 0.5) is 0 Å². The number of H-pyrrole nitrogens is 1. The zero-order valence-electron chi connectivity index (χ0n) is 10.6. The van der Waals surface area contributed by atoms with E-state index in [4.69, 9.17) is 4.74 Å². The number of ether oxygens (including phenoxy) is 1. The fraction of sp³-hybridized carbons (Fsp3) is 0.286. The highest BCUT2D eigenvalue weighted by molar-refractivity contribution is 5.79. The van der Waals surface area contributed by atoms with E-state index in [9.17, 15) is 14.7 Å².